The number of thioether (sulfide) groups is 1. The van der Waals surface area contributed by atoms with Crippen molar-refractivity contribution in [3.05, 3.63) is 22.4 Å². The van der Waals surface area contributed by atoms with Crippen LogP contribution in [-0.4, -0.2) is 17.3 Å². The van der Waals surface area contributed by atoms with Crippen molar-refractivity contribution >= 4 is 28.9 Å². The molecule has 0 atom stereocenters. The number of carbonyl (C=O) groups excluding carboxylic acids is 1. The number of carbonyl (C=O) groups is 1. The van der Waals surface area contributed by atoms with Crippen LogP contribution in [-0.2, 0) is 0 Å². The highest BCUT2D eigenvalue weighted by Gasteiger charge is 2.18. The van der Waals surface area contributed by atoms with Gasteiger partial charge >= 0.3 is 0 Å². The summed E-state index contributed by atoms with van der Waals surface area (Å²) in [5.74, 6) is 3.45. The lowest BCUT2D eigenvalue weighted by molar-refractivity contribution is 0.0959. The van der Waals surface area contributed by atoms with Gasteiger partial charge in [-0.1, -0.05) is 0 Å². The third kappa shape index (κ3) is 2.61. The minimum atomic E-state index is 0.336. The van der Waals surface area contributed by atoms with Gasteiger partial charge in [-0.25, -0.2) is 0 Å². The van der Waals surface area contributed by atoms with Gasteiger partial charge in [-0.3, -0.25) is 4.79 Å². The Morgan fingerprint density at radius 2 is 2.21 bits per heavy atom. The van der Waals surface area contributed by atoms with Crippen molar-refractivity contribution in [3.63, 3.8) is 0 Å². The second-order valence-corrected chi connectivity index (χ2v) is 5.70. The highest BCUT2D eigenvalue weighted by Crippen LogP contribution is 2.26. The topological polar surface area (TPSA) is 17.1 Å². The molecule has 1 nitrogen and oxygen atoms in total. The minimum Gasteiger partial charge on any atom is -0.294 e. The molecule has 1 fully saturated rings. The molecule has 14 heavy (non-hydrogen) atoms. The molecule has 1 aliphatic heterocycles. The summed E-state index contributed by atoms with van der Waals surface area (Å²) in [7, 11) is 0. The Hall–Kier alpha value is -0.280. The van der Waals surface area contributed by atoms with Gasteiger partial charge in [0, 0.05) is 17.4 Å². The predicted octanol–water partition coefficient (Wildman–Crippen LogP) is 3.46. The Bertz CT molecular complexity index is 286. The molecular formula is C11H14OS2. The maximum absolute atomic E-state index is 11.8. The molecule has 2 rings (SSSR count). The van der Waals surface area contributed by atoms with Gasteiger partial charge < -0.3 is 0 Å². The average molecular weight is 226 g/mol. The van der Waals surface area contributed by atoms with Gasteiger partial charge in [0.05, 0.1) is 0 Å². The molecule has 76 valence electrons. The van der Waals surface area contributed by atoms with E-state index < -0.39 is 0 Å². The second-order valence-electron chi connectivity index (χ2n) is 3.70. The van der Waals surface area contributed by atoms with E-state index in [0.29, 0.717) is 11.7 Å². The molecule has 1 aliphatic rings. The summed E-state index contributed by atoms with van der Waals surface area (Å²) in [6, 6.07) is 1.94. The fraction of sp³-hybridized carbons (Fsp3) is 0.545. The Morgan fingerprint density at radius 1 is 1.43 bits per heavy atom. The van der Waals surface area contributed by atoms with Gasteiger partial charge in [-0.15, -0.1) is 0 Å². The van der Waals surface area contributed by atoms with Crippen molar-refractivity contribution in [1.29, 1.82) is 0 Å². The first-order chi connectivity index (χ1) is 6.86. The lowest BCUT2D eigenvalue weighted by Crippen LogP contribution is -2.14. The van der Waals surface area contributed by atoms with E-state index >= 15 is 0 Å². The summed E-state index contributed by atoms with van der Waals surface area (Å²) in [5, 5.41) is 3.93. The molecule has 1 saturated heterocycles. The van der Waals surface area contributed by atoms with E-state index in [1.54, 1.807) is 11.3 Å². The molecule has 0 bridgehead atoms. The second kappa shape index (κ2) is 4.99. The first-order valence-electron chi connectivity index (χ1n) is 4.99. The molecule has 0 unspecified atom stereocenters. The van der Waals surface area contributed by atoms with E-state index in [0.717, 1.165) is 12.0 Å². The van der Waals surface area contributed by atoms with Crippen LogP contribution in [0.1, 0.15) is 29.6 Å². The number of thiophene rings is 1. The van der Waals surface area contributed by atoms with Crippen LogP contribution < -0.4 is 0 Å². The fourth-order valence-electron chi connectivity index (χ4n) is 1.75. The monoisotopic (exact) mass is 226 g/mol. The van der Waals surface area contributed by atoms with Gasteiger partial charge in [0.25, 0.3) is 0 Å². The van der Waals surface area contributed by atoms with E-state index in [9.17, 15) is 4.79 Å². The average Bonchev–Trinajstić information content (AvgIpc) is 2.72. The van der Waals surface area contributed by atoms with Crippen LogP contribution in [0.15, 0.2) is 16.8 Å². The van der Waals surface area contributed by atoms with Gasteiger partial charge in [0.2, 0.25) is 0 Å². The van der Waals surface area contributed by atoms with E-state index in [2.05, 4.69) is 0 Å². The zero-order chi connectivity index (χ0) is 9.80. The standard InChI is InChI=1S/C11H14OS2/c12-11(10-3-6-14-8-10)7-9-1-4-13-5-2-9/h3,6,8-9H,1-2,4-5,7H2. The van der Waals surface area contributed by atoms with Crippen molar-refractivity contribution in [2.24, 2.45) is 5.92 Å². The maximum atomic E-state index is 11.8. The third-order valence-electron chi connectivity index (χ3n) is 2.66. The van der Waals surface area contributed by atoms with E-state index in [1.807, 2.05) is 28.6 Å². The molecular weight excluding hydrogens is 212 g/mol. The fourth-order valence-corrected chi connectivity index (χ4v) is 3.62. The summed E-state index contributed by atoms with van der Waals surface area (Å²) < 4.78 is 0. The molecule has 0 N–H and O–H groups in total. The van der Waals surface area contributed by atoms with Crippen molar-refractivity contribution < 1.29 is 4.79 Å². The van der Waals surface area contributed by atoms with Crippen LogP contribution in [0.4, 0.5) is 0 Å². The Balaban J connectivity index is 1.87. The SMILES string of the molecule is O=C(CC1CCSCC1)c1ccsc1. The highest BCUT2D eigenvalue weighted by molar-refractivity contribution is 7.99. The largest absolute Gasteiger partial charge is 0.294 e. The van der Waals surface area contributed by atoms with Crippen molar-refractivity contribution in [3.8, 4) is 0 Å². The number of rotatable bonds is 3. The molecule has 0 saturated carbocycles. The van der Waals surface area contributed by atoms with Crippen LogP contribution in [0.25, 0.3) is 0 Å². The first-order valence-corrected chi connectivity index (χ1v) is 7.09. The zero-order valence-electron chi connectivity index (χ0n) is 8.07. The quantitative estimate of drug-likeness (QED) is 0.734. The molecule has 3 heteroatoms. The summed E-state index contributed by atoms with van der Waals surface area (Å²) in [5.41, 5.74) is 0.910. The number of hydrogen-bond donors (Lipinski definition) is 0. The van der Waals surface area contributed by atoms with Crippen molar-refractivity contribution in [1.82, 2.24) is 0 Å². The molecule has 0 amide bonds. The zero-order valence-corrected chi connectivity index (χ0v) is 9.70. The predicted molar refractivity (Wildman–Crippen MR) is 63.3 cm³/mol. The molecule has 0 radical (unpaired) electrons. The normalized spacial score (nSPS) is 18.3. The molecule has 0 spiro atoms. The lowest BCUT2D eigenvalue weighted by Gasteiger charge is -2.20. The van der Waals surface area contributed by atoms with Crippen LogP contribution in [0.5, 0.6) is 0 Å². The minimum absolute atomic E-state index is 0.336. The maximum Gasteiger partial charge on any atom is 0.163 e. The van der Waals surface area contributed by atoms with Crippen LogP contribution >= 0.6 is 23.1 Å². The van der Waals surface area contributed by atoms with E-state index in [-0.39, 0.29) is 0 Å². The third-order valence-corrected chi connectivity index (χ3v) is 4.39. The Morgan fingerprint density at radius 3 is 2.86 bits per heavy atom. The summed E-state index contributed by atoms with van der Waals surface area (Å²) >= 11 is 3.62. The summed E-state index contributed by atoms with van der Waals surface area (Å²) in [6.45, 7) is 0. The first kappa shape index (κ1) is 10.2. The van der Waals surface area contributed by atoms with E-state index in [4.69, 9.17) is 0 Å². The highest BCUT2D eigenvalue weighted by atomic mass is 32.2. The van der Waals surface area contributed by atoms with Gasteiger partial charge in [0.1, 0.15) is 0 Å². The number of ketones is 1. The number of Topliss-reactive ketones (excluding diaryl/α,β-unsaturated/α-hetero) is 1. The summed E-state index contributed by atoms with van der Waals surface area (Å²) in [6.07, 6.45) is 3.21. The molecule has 2 heterocycles. The molecule has 0 aromatic carbocycles. The lowest BCUT2D eigenvalue weighted by atomic mass is 9.94. The van der Waals surface area contributed by atoms with Gasteiger partial charge in [-0.2, -0.15) is 23.1 Å². The van der Waals surface area contributed by atoms with Gasteiger partial charge in [-0.05, 0) is 41.7 Å². The smallest absolute Gasteiger partial charge is 0.163 e. The van der Waals surface area contributed by atoms with Crippen LogP contribution in [0, 0.1) is 5.92 Å². The Labute approximate surface area is 92.9 Å². The Kier molecular flexibility index (Phi) is 3.65. The van der Waals surface area contributed by atoms with Crippen LogP contribution in [0.2, 0.25) is 0 Å². The summed E-state index contributed by atoms with van der Waals surface area (Å²) in [4.78, 5) is 11.8. The number of hydrogen-bond acceptors (Lipinski definition) is 3. The van der Waals surface area contributed by atoms with Crippen LogP contribution in [0.3, 0.4) is 0 Å². The van der Waals surface area contributed by atoms with E-state index in [1.165, 1.54) is 24.3 Å². The molecule has 0 aliphatic carbocycles. The van der Waals surface area contributed by atoms with Gasteiger partial charge in [0.15, 0.2) is 5.78 Å². The van der Waals surface area contributed by atoms with Crippen molar-refractivity contribution in [2.45, 2.75) is 19.3 Å². The van der Waals surface area contributed by atoms with Crippen molar-refractivity contribution in [2.75, 3.05) is 11.5 Å². The molecule has 1 aromatic rings. The molecule has 1 aromatic heterocycles.